The molecule has 6 atom stereocenters. The van der Waals surface area contributed by atoms with Crippen LogP contribution < -0.4 is 14.4 Å². The van der Waals surface area contributed by atoms with E-state index < -0.39 is 15.8 Å². The molecule has 4 aliphatic rings. The number of benzene rings is 2. The average Bonchev–Trinajstić information content (AvgIpc) is 3.19. The number of fused-ring (bicyclic) bond motifs is 4. The van der Waals surface area contributed by atoms with Crippen LogP contribution in [0.2, 0.25) is 5.02 Å². The molecule has 1 spiro atoms. The summed E-state index contributed by atoms with van der Waals surface area (Å²) in [6, 6.07) is 13.4. The Morgan fingerprint density at radius 2 is 2.00 bits per heavy atom. The third-order valence-electron chi connectivity index (χ3n) is 10.3. The van der Waals surface area contributed by atoms with Gasteiger partial charge in [-0.25, -0.2) is 14.2 Å². The van der Waals surface area contributed by atoms with E-state index in [9.17, 15) is 9.00 Å². The minimum Gasteiger partial charge on any atom is -0.490 e. The van der Waals surface area contributed by atoms with Gasteiger partial charge in [0.25, 0.3) is 5.91 Å². The summed E-state index contributed by atoms with van der Waals surface area (Å²) in [6.45, 7) is 4.11. The van der Waals surface area contributed by atoms with E-state index in [0.717, 1.165) is 61.7 Å². The van der Waals surface area contributed by atoms with Gasteiger partial charge < -0.3 is 14.4 Å². The third-order valence-corrected chi connectivity index (χ3v) is 12.5. The molecule has 9 nitrogen and oxygen atoms in total. The minimum atomic E-state index is -3.27. The van der Waals surface area contributed by atoms with Gasteiger partial charge in [0.05, 0.1) is 24.2 Å². The molecule has 2 aliphatic heterocycles. The first-order valence-electron chi connectivity index (χ1n) is 16.6. The van der Waals surface area contributed by atoms with Gasteiger partial charge in [0, 0.05) is 48.6 Å². The van der Waals surface area contributed by atoms with Crippen LogP contribution in [0.25, 0.3) is 0 Å². The summed E-state index contributed by atoms with van der Waals surface area (Å²) in [5.41, 5.74) is 3.59. The molecule has 1 N–H and O–H groups in total. The number of carbonyl (C=O) groups excluding carboxylic acids is 1. The van der Waals surface area contributed by atoms with Crippen LogP contribution >= 0.6 is 11.6 Å². The van der Waals surface area contributed by atoms with E-state index in [1.54, 1.807) is 31.6 Å². The zero-order chi connectivity index (χ0) is 32.6. The van der Waals surface area contributed by atoms with E-state index in [2.05, 4.69) is 48.2 Å². The number of hydrogen-bond donors (Lipinski definition) is 1. The number of halogens is 1. The Labute approximate surface area is 282 Å². The quantitative estimate of drug-likeness (QED) is 0.302. The number of aromatic nitrogens is 2. The molecule has 3 aromatic rings. The number of methoxy groups -OCH3 is 1. The van der Waals surface area contributed by atoms with Gasteiger partial charge in [-0.3, -0.25) is 9.52 Å². The number of amides is 1. The highest BCUT2D eigenvalue weighted by molar-refractivity contribution is 7.95. The lowest BCUT2D eigenvalue weighted by Crippen LogP contribution is -2.49. The molecule has 2 bridgehead atoms. The van der Waals surface area contributed by atoms with Crippen molar-refractivity contribution >= 4 is 39.1 Å². The lowest BCUT2D eigenvalue weighted by molar-refractivity contribution is 0.0131. The van der Waals surface area contributed by atoms with Crippen LogP contribution in [0.3, 0.4) is 0 Å². The molecule has 1 unspecified atom stereocenters. The molecular weight excluding hydrogens is 634 g/mol. The second-order valence-electron chi connectivity index (χ2n) is 13.6. The largest absolute Gasteiger partial charge is 0.490 e. The first-order valence-corrected chi connectivity index (χ1v) is 18.6. The van der Waals surface area contributed by atoms with Crippen molar-refractivity contribution in [3.05, 3.63) is 88.7 Å². The molecule has 1 fully saturated rings. The molecule has 1 aromatic heterocycles. The number of allylic oxidation sites excluding steroid dienone is 1. The van der Waals surface area contributed by atoms with Crippen LogP contribution in [0.4, 0.5) is 11.6 Å². The van der Waals surface area contributed by atoms with E-state index in [-0.39, 0.29) is 29.1 Å². The normalized spacial score (nSPS) is 31.3. The fourth-order valence-electron chi connectivity index (χ4n) is 7.86. The molecule has 1 saturated carbocycles. The van der Waals surface area contributed by atoms with Gasteiger partial charge in [0.1, 0.15) is 15.7 Å². The van der Waals surface area contributed by atoms with Crippen LogP contribution in [0.5, 0.6) is 5.75 Å². The molecule has 2 aromatic carbocycles. The van der Waals surface area contributed by atoms with Gasteiger partial charge in [0.2, 0.25) is 5.95 Å². The molecule has 248 valence electrons. The maximum Gasteiger partial charge on any atom is 0.286 e. The maximum absolute atomic E-state index is 14.4. The van der Waals surface area contributed by atoms with Gasteiger partial charge in [-0.2, -0.15) is 0 Å². The predicted molar refractivity (Wildman–Crippen MR) is 186 cm³/mol. The fourth-order valence-corrected chi connectivity index (χ4v) is 9.93. The lowest BCUT2D eigenvalue weighted by Gasteiger charge is -2.46. The van der Waals surface area contributed by atoms with Crippen molar-refractivity contribution in [3.63, 3.8) is 0 Å². The number of ether oxygens (including phenoxy) is 2. The minimum absolute atomic E-state index is 0.0131. The topological polar surface area (TPSA) is 106 Å². The van der Waals surface area contributed by atoms with Crippen molar-refractivity contribution in [2.45, 2.75) is 57.0 Å². The number of nitrogens with zero attached hydrogens (tertiary/aromatic N) is 4. The van der Waals surface area contributed by atoms with E-state index >= 15 is 0 Å². The molecule has 47 heavy (non-hydrogen) atoms. The van der Waals surface area contributed by atoms with Crippen LogP contribution in [-0.2, 0) is 26.5 Å². The molecule has 11 heteroatoms. The molecular formula is C36H42ClN5O4S. The highest BCUT2D eigenvalue weighted by Gasteiger charge is 2.44. The van der Waals surface area contributed by atoms with Crippen LogP contribution in [-0.4, -0.2) is 58.7 Å². The van der Waals surface area contributed by atoms with Crippen molar-refractivity contribution in [2.75, 3.05) is 42.2 Å². The third kappa shape index (κ3) is 6.65. The maximum atomic E-state index is 14.4. The van der Waals surface area contributed by atoms with Gasteiger partial charge in [0.15, 0.2) is 0 Å². The van der Waals surface area contributed by atoms with E-state index in [0.29, 0.717) is 30.4 Å². The summed E-state index contributed by atoms with van der Waals surface area (Å²) in [4.78, 5) is 24.7. The van der Waals surface area contributed by atoms with Crippen molar-refractivity contribution < 1.29 is 18.5 Å². The Balaban J connectivity index is 1.32. The summed E-state index contributed by atoms with van der Waals surface area (Å²) in [6.07, 6.45) is 13.3. The zero-order valence-electron chi connectivity index (χ0n) is 26.9. The smallest absolute Gasteiger partial charge is 0.286 e. The van der Waals surface area contributed by atoms with Gasteiger partial charge in [-0.15, -0.1) is 4.36 Å². The van der Waals surface area contributed by atoms with E-state index in [1.807, 2.05) is 25.1 Å². The summed E-state index contributed by atoms with van der Waals surface area (Å²) in [5, 5.41) is 0.755. The highest BCUT2D eigenvalue weighted by atomic mass is 35.5. The first kappa shape index (κ1) is 32.1. The summed E-state index contributed by atoms with van der Waals surface area (Å²) in [7, 11) is -1.48. The number of nitrogens with one attached hydrogen (secondary N) is 1. The van der Waals surface area contributed by atoms with Crippen LogP contribution in [0, 0.1) is 17.8 Å². The SMILES string of the molecule is CO[C@H]1/C=C\C[C@H](C)CS(=O)(Nc2ncccn2)=NC(=O)c2ccc3c(c2)N(C[C@@H]2CC[C@H]21)C[C@@]1(CCCc2cc(Cl)ccc21)CO3. The van der Waals surface area contributed by atoms with Crippen LogP contribution in [0.15, 0.2) is 71.4 Å². The van der Waals surface area contributed by atoms with Gasteiger partial charge in [-0.1, -0.05) is 36.7 Å². The Bertz CT molecular complexity index is 1800. The summed E-state index contributed by atoms with van der Waals surface area (Å²) < 4.78 is 34.3. The second-order valence-corrected chi connectivity index (χ2v) is 16.1. The monoisotopic (exact) mass is 675 g/mol. The first-order chi connectivity index (χ1) is 22.7. The number of aryl methyl sites for hydroxylation is 1. The standard InChI is InChI=1S/C36H42ClN5O4S/c1-24-6-3-8-32(45-2)29-12-9-27(29)20-42-22-36(15-4-7-25-18-28(37)11-13-30(25)36)23-46-33-14-10-26(19-31(33)42)34(43)40-47(44,21-24)41-35-38-16-5-17-39-35/h3,5,8,10-11,13-14,16-19,24,27,29,32H,4,6-7,9,12,15,20-23H2,1-2H3,(H,38,39,40,41,43,44)/b8-3-/t24-,27-,29+,32-,36-,47?/m0/s1. The molecule has 1 amide bonds. The van der Waals surface area contributed by atoms with Crippen LogP contribution in [0.1, 0.15) is 60.5 Å². The number of carbonyl (C=O) groups is 1. The van der Waals surface area contributed by atoms with Gasteiger partial charge in [-0.05, 0) is 104 Å². The van der Waals surface area contributed by atoms with Crippen molar-refractivity contribution in [1.29, 1.82) is 0 Å². The van der Waals surface area contributed by atoms with E-state index in [4.69, 9.17) is 21.1 Å². The number of hydrogen-bond acceptors (Lipinski definition) is 7. The van der Waals surface area contributed by atoms with Crippen molar-refractivity contribution in [3.8, 4) is 5.75 Å². The second kappa shape index (κ2) is 13.2. The lowest BCUT2D eigenvalue weighted by atomic mass is 9.68. The molecule has 7 rings (SSSR count). The zero-order valence-corrected chi connectivity index (χ0v) is 28.5. The molecule has 0 radical (unpaired) electrons. The Morgan fingerprint density at radius 3 is 2.79 bits per heavy atom. The predicted octanol–water partition coefficient (Wildman–Crippen LogP) is 6.88. The Morgan fingerprint density at radius 1 is 1.15 bits per heavy atom. The molecule has 2 aliphatic carbocycles. The fraction of sp³-hybridized carbons (Fsp3) is 0.472. The highest BCUT2D eigenvalue weighted by Crippen LogP contribution is 2.47. The summed E-state index contributed by atoms with van der Waals surface area (Å²) >= 11 is 6.45. The number of rotatable bonds is 3. The average molecular weight is 676 g/mol. The van der Waals surface area contributed by atoms with Crippen molar-refractivity contribution in [1.82, 2.24) is 9.97 Å². The van der Waals surface area contributed by atoms with Gasteiger partial charge >= 0.3 is 0 Å². The van der Waals surface area contributed by atoms with Crippen molar-refractivity contribution in [2.24, 2.45) is 22.1 Å². The number of anilines is 2. The Hall–Kier alpha value is -3.47. The Kier molecular flexibility index (Phi) is 9.02. The van der Waals surface area contributed by atoms with E-state index in [1.165, 1.54) is 11.1 Å². The molecule has 3 heterocycles. The molecule has 0 saturated heterocycles. The summed E-state index contributed by atoms with van der Waals surface area (Å²) in [5.74, 6) is 1.28.